The predicted octanol–water partition coefficient (Wildman–Crippen LogP) is 3.52. The minimum absolute atomic E-state index is 0.0557. The van der Waals surface area contributed by atoms with Gasteiger partial charge in [0.25, 0.3) is 0 Å². The molecule has 1 aromatic heterocycles. The van der Waals surface area contributed by atoms with E-state index in [1.807, 2.05) is 13.8 Å². The first-order chi connectivity index (χ1) is 14.0. The number of anilines is 1. The molecule has 1 aromatic carbocycles. The average molecular weight is 444 g/mol. The van der Waals surface area contributed by atoms with E-state index in [1.165, 1.54) is 0 Å². The summed E-state index contributed by atoms with van der Waals surface area (Å²) in [6.45, 7) is 3.97. The lowest BCUT2D eigenvalue weighted by Crippen LogP contribution is -2.41. The van der Waals surface area contributed by atoms with Crippen LogP contribution in [0.1, 0.15) is 38.3 Å². The van der Waals surface area contributed by atoms with Gasteiger partial charge in [0, 0.05) is 31.1 Å². The predicted molar refractivity (Wildman–Crippen MR) is 104 cm³/mol. The van der Waals surface area contributed by atoms with Crippen LogP contribution in [0.2, 0.25) is 0 Å². The minimum Gasteiger partial charge on any atom is -0.311 e. The number of carbonyl (C=O) groups excluding carboxylic acids is 1. The van der Waals surface area contributed by atoms with Crippen LogP contribution in [0.15, 0.2) is 41.4 Å². The number of aromatic nitrogens is 2. The van der Waals surface area contributed by atoms with Gasteiger partial charge in [-0.15, -0.1) is 0 Å². The second kappa shape index (κ2) is 8.38. The van der Waals surface area contributed by atoms with E-state index < -0.39 is 32.6 Å². The van der Waals surface area contributed by atoms with Gasteiger partial charge in [-0.1, -0.05) is 6.07 Å². The average Bonchev–Trinajstić information content (AvgIpc) is 3.16. The van der Waals surface area contributed by atoms with Crippen molar-refractivity contribution in [2.24, 2.45) is 5.92 Å². The van der Waals surface area contributed by atoms with Crippen LogP contribution in [0.4, 0.5) is 19.0 Å². The van der Waals surface area contributed by atoms with Crippen LogP contribution in [-0.2, 0) is 21.0 Å². The number of nitrogens with one attached hydrogen (secondary N) is 1. The van der Waals surface area contributed by atoms with Gasteiger partial charge in [-0.3, -0.25) is 4.79 Å². The summed E-state index contributed by atoms with van der Waals surface area (Å²) >= 11 is 0. The molecule has 0 saturated carbocycles. The van der Waals surface area contributed by atoms with E-state index in [1.54, 1.807) is 16.9 Å². The lowest BCUT2D eigenvalue weighted by molar-refractivity contribution is -0.137. The van der Waals surface area contributed by atoms with Gasteiger partial charge in [-0.25, -0.2) is 13.1 Å². The van der Waals surface area contributed by atoms with E-state index in [2.05, 4.69) is 10.4 Å². The monoisotopic (exact) mass is 444 g/mol. The fraction of sp³-hybridized carbons (Fsp3) is 0.474. The molecule has 0 spiro atoms. The van der Waals surface area contributed by atoms with Crippen molar-refractivity contribution >= 4 is 21.7 Å². The van der Waals surface area contributed by atoms with Crippen molar-refractivity contribution in [3.63, 3.8) is 0 Å². The van der Waals surface area contributed by atoms with Crippen molar-refractivity contribution in [1.29, 1.82) is 0 Å². The van der Waals surface area contributed by atoms with E-state index in [4.69, 9.17) is 0 Å². The Labute approximate surface area is 172 Å². The Balaban J connectivity index is 1.66. The molecule has 2 aromatic rings. The molecule has 2 heterocycles. The van der Waals surface area contributed by atoms with Crippen molar-refractivity contribution < 1.29 is 26.4 Å². The fourth-order valence-electron chi connectivity index (χ4n) is 3.39. The molecule has 30 heavy (non-hydrogen) atoms. The molecule has 3 rings (SSSR count). The number of hydrogen-bond donors (Lipinski definition) is 1. The first kappa shape index (κ1) is 22.3. The maximum Gasteiger partial charge on any atom is 0.416 e. The number of amides is 1. The minimum atomic E-state index is -4.63. The van der Waals surface area contributed by atoms with Gasteiger partial charge >= 0.3 is 6.18 Å². The smallest absolute Gasteiger partial charge is 0.311 e. The van der Waals surface area contributed by atoms with Gasteiger partial charge in [-0.2, -0.15) is 22.6 Å². The first-order valence-electron chi connectivity index (χ1n) is 9.52. The van der Waals surface area contributed by atoms with Crippen LogP contribution < -0.4 is 5.32 Å². The molecule has 11 heteroatoms. The molecule has 7 nitrogen and oxygen atoms in total. The molecule has 1 aliphatic heterocycles. The Hall–Kier alpha value is -2.40. The summed E-state index contributed by atoms with van der Waals surface area (Å²) in [4.78, 5) is 12.2. The topological polar surface area (TPSA) is 84.3 Å². The third-order valence-electron chi connectivity index (χ3n) is 5.03. The van der Waals surface area contributed by atoms with Gasteiger partial charge in [0.15, 0.2) is 0 Å². The summed E-state index contributed by atoms with van der Waals surface area (Å²) in [7, 11) is -4.07. The van der Waals surface area contributed by atoms with Gasteiger partial charge in [0.1, 0.15) is 5.82 Å². The standard InChI is InChI=1S/C19H23F3N4O3S/c1-13(2)26-17(6-9-23-26)24-18(27)14-7-10-25(11-8-14)30(28,29)16-5-3-4-15(12-16)19(20,21)22/h3-6,9,12-14H,7-8,10-11H2,1-2H3,(H,24,27). The number of sulfonamides is 1. The quantitative estimate of drug-likeness (QED) is 0.765. The van der Waals surface area contributed by atoms with Crippen LogP contribution >= 0.6 is 0 Å². The van der Waals surface area contributed by atoms with E-state index in [0.717, 1.165) is 22.5 Å². The Bertz CT molecular complexity index is 1010. The molecule has 0 unspecified atom stereocenters. The lowest BCUT2D eigenvalue weighted by Gasteiger charge is -2.30. The van der Waals surface area contributed by atoms with E-state index in [9.17, 15) is 26.4 Å². The molecule has 0 bridgehead atoms. The third-order valence-corrected chi connectivity index (χ3v) is 6.93. The van der Waals surface area contributed by atoms with Gasteiger partial charge < -0.3 is 5.32 Å². The van der Waals surface area contributed by atoms with E-state index >= 15 is 0 Å². The number of alkyl halides is 3. The highest BCUT2D eigenvalue weighted by Gasteiger charge is 2.35. The van der Waals surface area contributed by atoms with Crippen molar-refractivity contribution in [2.45, 2.75) is 43.8 Å². The second-order valence-corrected chi connectivity index (χ2v) is 9.39. The fourth-order valence-corrected chi connectivity index (χ4v) is 4.91. The Morgan fingerprint density at radius 1 is 1.20 bits per heavy atom. The Morgan fingerprint density at radius 2 is 1.87 bits per heavy atom. The number of benzene rings is 1. The highest BCUT2D eigenvalue weighted by atomic mass is 32.2. The zero-order valence-electron chi connectivity index (χ0n) is 16.6. The molecule has 0 radical (unpaired) electrons. The Kier molecular flexibility index (Phi) is 6.23. The number of rotatable bonds is 5. The molecule has 1 N–H and O–H groups in total. The van der Waals surface area contributed by atoms with Crippen LogP contribution in [0.5, 0.6) is 0 Å². The summed E-state index contributed by atoms with van der Waals surface area (Å²) in [5.41, 5.74) is -1.01. The zero-order valence-corrected chi connectivity index (χ0v) is 17.4. The van der Waals surface area contributed by atoms with Crippen LogP contribution in [-0.4, -0.2) is 41.5 Å². The summed E-state index contributed by atoms with van der Waals surface area (Å²) in [5, 5.41) is 6.97. The van der Waals surface area contributed by atoms with Gasteiger partial charge in [-0.05, 0) is 44.9 Å². The molecular formula is C19H23F3N4O3S. The zero-order chi connectivity index (χ0) is 22.1. The summed E-state index contributed by atoms with van der Waals surface area (Å²) in [6, 6.07) is 5.45. The first-order valence-corrected chi connectivity index (χ1v) is 11.0. The summed E-state index contributed by atoms with van der Waals surface area (Å²) in [6.07, 6.45) is -2.49. The molecule has 1 amide bonds. The van der Waals surface area contributed by atoms with Gasteiger partial charge in [0.2, 0.25) is 15.9 Å². The highest BCUT2D eigenvalue weighted by molar-refractivity contribution is 7.89. The second-order valence-electron chi connectivity index (χ2n) is 7.45. The van der Waals surface area contributed by atoms with Crippen LogP contribution in [0.25, 0.3) is 0 Å². The lowest BCUT2D eigenvalue weighted by atomic mass is 9.97. The number of hydrogen-bond acceptors (Lipinski definition) is 4. The molecule has 164 valence electrons. The summed E-state index contributed by atoms with van der Waals surface area (Å²) in [5.74, 6) is -0.0593. The van der Waals surface area contributed by atoms with Gasteiger partial charge in [0.05, 0.1) is 16.7 Å². The highest BCUT2D eigenvalue weighted by Crippen LogP contribution is 2.32. The third kappa shape index (κ3) is 4.67. The normalized spacial score (nSPS) is 16.7. The molecule has 1 saturated heterocycles. The van der Waals surface area contributed by atoms with E-state index in [0.29, 0.717) is 11.9 Å². The van der Waals surface area contributed by atoms with E-state index in [-0.39, 0.29) is 37.9 Å². The number of halogens is 3. The Morgan fingerprint density at radius 3 is 2.47 bits per heavy atom. The molecule has 1 aliphatic rings. The summed E-state index contributed by atoms with van der Waals surface area (Å²) < 4.78 is 67.1. The van der Waals surface area contributed by atoms with Crippen LogP contribution in [0, 0.1) is 5.92 Å². The van der Waals surface area contributed by atoms with Crippen molar-refractivity contribution in [1.82, 2.24) is 14.1 Å². The molecule has 0 atom stereocenters. The van der Waals surface area contributed by atoms with Crippen molar-refractivity contribution in [3.8, 4) is 0 Å². The van der Waals surface area contributed by atoms with Crippen molar-refractivity contribution in [3.05, 3.63) is 42.1 Å². The van der Waals surface area contributed by atoms with Crippen LogP contribution in [0.3, 0.4) is 0 Å². The molecular weight excluding hydrogens is 421 g/mol. The number of carbonyl (C=O) groups is 1. The largest absolute Gasteiger partial charge is 0.416 e. The maximum atomic E-state index is 12.9. The molecule has 0 aliphatic carbocycles. The SMILES string of the molecule is CC(C)n1nccc1NC(=O)C1CCN(S(=O)(=O)c2cccc(C(F)(F)F)c2)CC1. The number of piperidine rings is 1. The number of nitrogens with zero attached hydrogens (tertiary/aromatic N) is 3. The maximum absolute atomic E-state index is 12.9. The van der Waals surface area contributed by atoms with Crippen molar-refractivity contribution in [2.75, 3.05) is 18.4 Å². The molecule has 1 fully saturated rings.